The lowest BCUT2D eigenvalue weighted by molar-refractivity contribution is 0.501. The summed E-state index contributed by atoms with van der Waals surface area (Å²) in [6, 6.07) is 0. The zero-order chi connectivity index (χ0) is 3.41. The molecule has 0 amide bonds. The maximum absolute atomic E-state index is 9.92. The molecular formula is CH4FNOSi. The van der Waals surface area contributed by atoms with Gasteiger partial charge in [0.25, 0.3) is 6.08 Å². The molecule has 0 heterocycles. The molecule has 0 bridgehead atoms. The van der Waals surface area contributed by atoms with E-state index in [1.165, 1.54) is 5.21 Å². The molecule has 0 spiro atoms. The monoisotopic (exact) mass is 93.0 g/mol. The normalized spacial score (nSPS) is 3.40. The largest absolute Gasteiger partial charge is 0.269 e. The minimum Gasteiger partial charge on any atom is -0.209 e. The Kier molecular flexibility index (Phi) is 17.0. The first-order valence-corrected chi connectivity index (χ1v) is 0.597. The van der Waals surface area contributed by atoms with Crippen LogP contribution in [0, 0.1) is 0 Å². The first kappa shape index (κ1) is 8.82. The van der Waals surface area contributed by atoms with E-state index in [0.717, 1.165) is 0 Å². The highest BCUT2D eigenvalue weighted by molar-refractivity contribution is 5.75. The number of isocyanates is 1. The topological polar surface area (TPSA) is 29.4 Å². The average Bonchev–Trinajstić information content (AvgIpc) is 1.37. The summed E-state index contributed by atoms with van der Waals surface area (Å²) < 4.78 is 9.92. The smallest absolute Gasteiger partial charge is 0.209 e. The maximum Gasteiger partial charge on any atom is 0.269 e. The Morgan fingerprint density at radius 1 is 1.80 bits per heavy atom. The summed E-state index contributed by atoms with van der Waals surface area (Å²) in [6.45, 7) is 0. The second kappa shape index (κ2) is 9.66. The predicted molar refractivity (Wildman–Crippen MR) is 20.6 cm³/mol. The van der Waals surface area contributed by atoms with Crippen LogP contribution in [0.3, 0.4) is 0 Å². The highest BCUT2D eigenvalue weighted by atomic mass is 28.1. The lowest BCUT2D eigenvalue weighted by Gasteiger charge is -1.28. The van der Waals surface area contributed by atoms with Gasteiger partial charge in [-0.3, -0.25) is 0 Å². The maximum atomic E-state index is 9.92. The molecule has 0 aromatic heterocycles. The zero-order valence-corrected chi connectivity index (χ0v) is 1.73. The van der Waals surface area contributed by atoms with E-state index in [1.54, 1.807) is 0 Å². The van der Waals surface area contributed by atoms with E-state index in [4.69, 9.17) is 4.79 Å². The van der Waals surface area contributed by atoms with Crippen molar-refractivity contribution in [3.8, 4) is 0 Å². The number of carbonyl (C=O) groups excluding carboxylic acids is 1. The fourth-order valence-electron chi connectivity index (χ4n) is 0. The van der Waals surface area contributed by atoms with Gasteiger partial charge in [0.15, 0.2) is 0 Å². The van der Waals surface area contributed by atoms with E-state index in [2.05, 4.69) is 0 Å². The van der Waals surface area contributed by atoms with Crippen molar-refractivity contribution in [1.29, 1.82) is 0 Å². The molecule has 0 aliphatic heterocycles. The van der Waals surface area contributed by atoms with Gasteiger partial charge in [-0.15, -0.1) is 0 Å². The Bertz CT molecular complexity index is 49.6. The molecule has 0 radical (unpaired) electrons. The van der Waals surface area contributed by atoms with Gasteiger partial charge in [-0.2, -0.15) is 0 Å². The molecule has 0 fully saturated rings. The van der Waals surface area contributed by atoms with Crippen LogP contribution in [0.25, 0.3) is 0 Å². The lowest BCUT2D eigenvalue weighted by Crippen LogP contribution is -1.28. The molecule has 0 aromatic rings. The fraction of sp³-hybridized carbons (Fsp3) is 0. The molecule has 0 rings (SSSR count). The van der Waals surface area contributed by atoms with Crippen LogP contribution in [-0.4, -0.2) is 17.0 Å². The minimum atomic E-state index is 0. The summed E-state index contributed by atoms with van der Waals surface area (Å²) in [6.07, 6.45) is 0.639. The van der Waals surface area contributed by atoms with Crippen LogP contribution in [0.2, 0.25) is 0 Å². The quantitative estimate of drug-likeness (QED) is 0.209. The molecule has 0 saturated heterocycles. The Morgan fingerprint density at radius 2 is 2.00 bits per heavy atom. The van der Waals surface area contributed by atoms with E-state index in [9.17, 15) is 4.48 Å². The van der Waals surface area contributed by atoms with Crippen molar-refractivity contribution in [1.82, 2.24) is 0 Å². The molecule has 0 atom stereocenters. The summed E-state index contributed by atoms with van der Waals surface area (Å²) >= 11 is 0. The Hall–Kier alpha value is -0.473. The van der Waals surface area contributed by atoms with Crippen molar-refractivity contribution in [2.24, 2.45) is 5.21 Å². The highest BCUT2D eigenvalue weighted by Gasteiger charge is 1.36. The summed E-state index contributed by atoms with van der Waals surface area (Å²) in [4.78, 5) is 8.51. The van der Waals surface area contributed by atoms with E-state index in [-0.39, 0.29) is 11.0 Å². The van der Waals surface area contributed by atoms with Crippen LogP contribution in [0.4, 0.5) is 4.48 Å². The van der Waals surface area contributed by atoms with E-state index in [1.807, 2.05) is 0 Å². The van der Waals surface area contributed by atoms with Crippen molar-refractivity contribution >= 4 is 17.0 Å². The van der Waals surface area contributed by atoms with Crippen LogP contribution in [-0.2, 0) is 4.79 Å². The Balaban J connectivity index is 0. The number of nitrogens with zero attached hydrogens (tertiary/aromatic N) is 1. The van der Waals surface area contributed by atoms with Crippen molar-refractivity contribution in [3.05, 3.63) is 0 Å². The summed E-state index contributed by atoms with van der Waals surface area (Å²) in [7, 11) is 0. The van der Waals surface area contributed by atoms with Crippen molar-refractivity contribution in [2.75, 3.05) is 0 Å². The van der Waals surface area contributed by atoms with Gasteiger partial charge < -0.3 is 0 Å². The van der Waals surface area contributed by atoms with Crippen molar-refractivity contribution < 1.29 is 9.28 Å². The van der Waals surface area contributed by atoms with Gasteiger partial charge in [-0.25, -0.2) is 4.79 Å². The SMILES string of the molecule is O=C=NF.[SiH4]. The summed E-state index contributed by atoms with van der Waals surface area (Å²) in [5.74, 6) is 0. The average molecular weight is 93.1 g/mol. The molecule has 0 N–H and O–H groups in total. The minimum absolute atomic E-state index is 0. The van der Waals surface area contributed by atoms with Gasteiger partial charge in [0.05, 0.1) is 0 Å². The Morgan fingerprint density at radius 3 is 2.00 bits per heavy atom. The molecule has 0 saturated carbocycles. The lowest BCUT2D eigenvalue weighted by atomic mass is 11.7. The molecule has 30 valence electrons. The van der Waals surface area contributed by atoms with Crippen LogP contribution in [0.15, 0.2) is 5.21 Å². The number of hydrogen-bond acceptors (Lipinski definition) is 2. The molecular weight excluding hydrogens is 89.1 g/mol. The first-order chi connectivity index (χ1) is 1.91. The van der Waals surface area contributed by atoms with Gasteiger partial charge in [-0.1, -0.05) is 4.48 Å². The molecule has 0 unspecified atom stereocenters. The van der Waals surface area contributed by atoms with Gasteiger partial charge in [0.1, 0.15) is 0 Å². The van der Waals surface area contributed by atoms with Crippen molar-refractivity contribution in [2.45, 2.75) is 0 Å². The third-order valence-electron chi connectivity index (χ3n) is 0.0345. The third-order valence-corrected chi connectivity index (χ3v) is 0.0345. The fourth-order valence-corrected chi connectivity index (χ4v) is 0. The van der Waals surface area contributed by atoms with Crippen molar-refractivity contribution in [3.63, 3.8) is 0 Å². The highest BCUT2D eigenvalue weighted by Crippen LogP contribution is 1.48. The Labute approximate surface area is 32.7 Å². The van der Waals surface area contributed by atoms with Crippen LogP contribution in [0.5, 0.6) is 0 Å². The van der Waals surface area contributed by atoms with Crippen LogP contribution in [0.1, 0.15) is 0 Å². The number of rotatable bonds is 0. The van der Waals surface area contributed by atoms with E-state index >= 15 is 0 Å². The number of halogens is 1. The standard InChI is InChI=1S/CFNO.H4Si/c2-3-1-4;/h;1H4. The molecule has 0 aliphatic carbocycles. The summed E-state index contributed by atoms with van der Waals surface area (Å²) in [5, 5.41) is 1.43. The molecule has 0 aromatic carbocycles. The summed E-state index contributed by atoms with van der Waals surface area (Å²) in [5.41, 5.74) is 0. The number of hydrogen-bond donors (Lipinski definition) is 0. The molecule has 2 nitrogen and oxygen atoms in total. The van der Waals surface area contributed by atoms with Gasteiger partial charge in [0.2, 0.25) is 0 Å². The molecule has 5 heavy (non-hydrogen) atoms. The molecule has 4 heteroatoms. The first-order valence-electron chi connectivity index (χ1n) is 0.597. The van der Waals surface area contributed by atoms with E-state index < -0.39 is 0 Å². The predicted octanol–water partition coefficient (Wildman–Crippen LogP) is -1.24. The molecule has 0 aliphatic rings. The van der Waals surface area contributed by atoms with Crippen LogP contribution < -0.4 is 0 Å². The van der Waals surface area contributed by atoms with Gasteiger partial charge in [0, 0.05) is 5.21 Å². The van der Waals surface area contributed by atoms with E-state index in [0.29, 0.717) is 6.08 Å². The second-order valence-electron chi connectivity index (χ2n) is 0.176. The van der Waals surface area contributed by atoms with Gasteiger partial charge >= 0.3 is 0 Å². The van der Waals surface area contributed by atoms with Crippen LogP contribution >= 0.6 is 0 Å². The second-order valence-corrected chi connectivity index (χ2v) is 0.176. The zero-order valence-electron chi connectivity index (χ0n) is 1.73. The third kappa shape index (κ3) is 29.6. The van der Waals surface area contributed by atoms with Gasteiger partial charge in [-0.05, 0) is 11.0 Å².